The number of aliphatic hydroxyl groups excluding tert-OH is 1. The van der Waals surface area contributed by atoms with Gasteiger partial charge in [-0.3, -0.25) is 4.79 Å². The molecule has 0 saturated heterocycles. The average molecular weight is 291 g/mol. The third-order valence-corrected chi connectivity index (χ3v) is 3.30. The maximum atomic E-state index is 11.9. The molecular formula is C14H17N3O4. The zero-order valence-electron chi connectivity index (χ0n) is 11.3. The highest BCUT2D eigenvalue weighted by Crippen LogP contribution is 2.18. The van der Waals surface area contributed by atoms with Crippen LogP contribution in [-0.2, 0) is 16.0 Å². The monoisotopic (exact) mass is 291 g/mol. The highest BCUT2D eigenvalue weighted by molar-refractivity contribution is 5.87. The van der Waals surface area contributed by atoms with Crippen LogP contribution in [0.1, 0.15) is 5.56 Å². The van der Waals surface area contributed by atoms with E-state index in [0.29, 0.717) is 6.42 Å². The summed E-state index contributed by atoms with van der Waals surface area (Å²) in [4.78, 5) is 25.7. The molecule has 0 radical (unpaired) electrons. The number of para-hydroxylation sites is 1. The zero-order valence-corrected chi connectivity index (χ0v) is 11.3. The number of aromatic nitrogens is 1. The van der Waals surface area contributed by atoms with E-state index >= 15 is 0 Å². The van der Waals surface area contributed by atoms with Crippen LogP contribution in [0, 0.1) is 0 Å². The molecule has 2 atom stereocenters. The van der Waals surface area contributed by atoms with Crippen molar-refractivity contribution in [2.24, 2.45) is 0 Å². The van der Waals surface area contributed by atoms with Crippen LogP contribution in [0.4, 0.5) is 0 Å². The van der Waals surface area contributed by atoms with Crippen molar-refractivity contribution in [2.45, 2.75) is 18.5 Å². The van der Waals surface area contributed by atoms with E-state index in [-0.39, 0.29) is 0 Å². The SMILES string of the molecule is [NH3+][C@@H](Cc1c[nH]c2ccccc12)C(=O)N[C@@H](CO)C(=O)[O-]. The summed E-state index contributed by atoms with van der Waals surface area (Å²) in [7, 11) is 0. The minimum Gasteiger partial charge on any atom is -0.548 e. The van der Waals surface area contributed by atoms with Crippen LogP contribution in [0.5, 0.6) is 0 Å². The number of quaternary nitrogens is 1. The van der Waals surface area contributed by atoms with Crippen molar-refractivity contribution in [3.8, 4) is 0 Å². The smallest absolute Gasteiger partial charge is 0.279 e. The van der Waals surface area contributed by atoms with Crippen molar-refractivity contribution in [1.82, 2.24) is 10.3 Å². The molecule has 0 fully saturated rings. The number of hydrogen-bond donors (Lipinski definition) is 4. The van der Waals surface area contributed by atoms with E-state index in [0.717, 1.165) is 16.5 Å². The molecule has 7 heteroatoms. The second kappa shape index (κ2) is 6.38. The molecule has 1 aromatic carbocycles. The summed E-state index contributed by atoms with van der Waals surface area (Å²) in [5, 5.41) is 22.7. The molecular weight excluding hydrogens is 274 g/mol. The van der Waals surface area contributed by atoms with E-state index in [1.54, 1.807) is 6.20 Å². The summed E-state index contributed by atoms with van der Waals surface area (Å²) in [5.74, 6) is -2.06. The Balaban J connectivity index is 2.05. The lowest BCUT2D eigenvalue weighted by Gasteiger charge is -2.18. The Bertz CT molecular complexity index is 652. The molecule has 0 spiro atoms. The van der Waals surface area contributed by atoms with Crippen molar-refractivity contribution < 1.29 is 25.5 Å². The molecule has 1 heterocycles. The number of carboxylic acid groups (broad SMARTS) is 1. The zero-order chi connectivity index (χ0) is 15.4. The predicted octanol–water partition coefficient (Wildman–Crippen LogP) is -2.45. The normalized spacial score (nSPS) is 13.8. The van der Waals surface area contributed by atoms with Crippen molar-refractivity contribution in [1.29, 1.82) is 0 Å². The first-order valence-electron chi connectivity index (χ1n) is 6.53. The van der Waals surface area contributed by atoms with Gasteiger partial charge in [0.15, 0.2) is 6.04 Å². The van der Waals surface area contributed by atoms with Crippen molar-refractivity contribution in [3.63, 3.8) is 0 Å². The number of carbonyl (C=O) groups is 2. The van der Waals surface area contributed by atoms with Crippen LogP contribution in [-0.4, -0.2) is 40.7 Å². The maximum Gasteiger partial charge on any atom is 0.279 e. The molecule has 7 nitrogen and oxygen atoms in total. The Morgan fingerprint density at radius 2 is 2.10 bits per heavy atom. The molecule has 0 aliphatic rings. The molecule has 0 bridgehead atoms. The summed E-state index contributed by atoms with van der Waals surface area (Å²) in [6.07, 6.45) is 2.17. The number of H-pyrrole nitrogens is 1. The molecule has 2 aromatic rings. The van der Waals surface area contributed by atoms with Crippen LogP contribution in [0.25, 0.3) is 10.9 Å². The van der Waals surface area contributed by atoms with Gasteiger partial charge in [0.1, 0.15) is 0 Å². The first-order chi connectivity index (χ1) is 10.0. The third kappa shape index (κ3) is 3.39. The first kappa shape index (κ1) is 15.0. The van der Waals surface area contributed by atoms with Crippen LogP contribution in [0.3, 0.4) is 0 Å². The summed E-state index contributed by atoms with van der Waals surface area (Å²) in [5.41, 5.74) is 5.63. The largest absolute Gasteiger partial charge is 0.548 e. The molecule has 112 valence electrons. The molecule has 0 aliphatic heterocycles. The number of aliphatic carboxylic acids is 1. The fourth-order valence-corrected chi connectivity index (χ4v) is 2.13. The Labute approximate surface area is 120 Å². The Morgan fingerprint density at radius 1 is 1.38 bits per heavy atom. The molecule has 0 aliphatic carbocycles. The fraction of sp³-hybridized carbons (Fsp3) is 0.286. The summed E-state index contributed by atoms with van der Waals surface area (Å²) < 4.78 is 0. The number of rotatable bonds is 6. The van der Waals surface area contributed by atoms with Gasteiger partial charge in [0.05, 0.1) is 18.6 Å². The molecule has 21 heavy (non-hydrogen) atoms. The van der Waals surface area contributed by atoms with Gasteiger partial charge in [-0.15, -0.1) is 0 Å². The summed E-state index contributed by atoms with van der Waals surface area (Å²) in [6.45, 7) is -0.714. The van der Waals surface area contributed by atoms with E-state index in [1.807, 2.05) is 24.3 Å². The molecule has 0 unspecified atom stereocenters. The number of carboxylic acids is 1. The fourth-order valence-electron chi connectivity index (χ4n) is 2.13. The van der Waals surface area contributed by atoms with Gasteiger partial charge < -0.3 is 31.0 Å². The van der Waals surface area contributed by atoms with Crippen LogP contribution in [0.15, 0.2) is 30.5 Å². The van der Waals surface area contributed by atoms with E-state index in [2.05, 4.69) is 16.0 Å². The number of carbonyl (C=O) groups excluding carboxylic acids is 2. The van der Waals surface area contributed by atoms with Crippen LogP contribution in [0.2, 0.25) is 0 Å². The van der Waals surface area contributed by atoms with Gasteiger partial charge in [0, 0.05) is 23.5 Å². The second-order valence-electron chi connectivity index (χ2n) is 4.82. The number of nitrogens with one attached hydrogen (secondary N) is 2. The third-order valence-electron chi connectivity index (χ3n) is 3.30. The highest BCUT2D eigenvalue weighted by Gasteiger charge is 2.22. The van der Waals surface area contributed by atoms with Gasteiger partial charge in [-0.2, -0.15) is 0 Å². The number of aromatic amines is 1. The Kier molecular flexibility index (Phi) is 4.56. The Hall–Kier alpha value is -2.38. The minimum atomic E-state index is -1.52. The van der Waals surface area contributed by atoms with Gasteiger partial charge in [-0.05, 0) is 11.6 Å². The summed E-state index contributed by atoms with van der Waals surface area (Å²) in [6, 6.07) is 5.58. The van der Waals surface area contributed by atoms with Crippen LogP contribution >= 0.6 is 0 Å². The molecule has 1 amide bonds. The lowest BCUT2D eigenvalue weighted by Crippen LogP contribution is -2.70. The average Bonchev–Trinajstić information content (AvgIpc) is 2.87. The standard InChI is InChI=1S/C14H17N3O4/c15-10(13(19)17-12(7-18)14(20)21)5-8-6-16-11-4-2-1-3-9(8)11/h1-4,6,10,12,16,18H,5,7,15H2,(H,17,19)(H,20,21)/t10-,12-/m0/s1. The van der Waals surface area contributed by atoms with Gasteiger partial charge in [-0.25, -0.2) is 0 Å². The van der Waals surface area contributed by atoms with Crippen molar-refractivity contribution >= 4 is 22.8 Å². The second-order valence-corrected chi connectivity index (χ2v) is 4.82. The summed E-state index contributed by atoms with van der Waals surface area (Å²) >= 11 is 0. The van der Waals surface area contributed by atoms with Crippen molar-refractivity contribution in [2.75, 3.05) is 6.61 Å². The highest BCUT2D eigenvalue weighted by atomic mass is 16.4. The van der Waals surface area contributed by atoms with E-state index in [1.165, 1.54) is 0 Å². The molecule has 2 rings (SSSR count). The molecule has 1 aromatic heterocycles. The number of hydrogen-bond acceptors (Lipinski definition) is 4. The van der Waals surface area contributed by atoms with Gasteiger partial charge >= 0.3 is 0 Å². The molecule has 0 saturated carbocycles. The van der Waals surface area contributed by atoms with Gasteiger partial charge in [0.2, 0.25) is 0 Å². The maximum absolute atomic E-state index is 11.9. The number of aliphatic hydroxyl groups is 1. The lowest BCUT2D eigenvalue weighted by atomic mass is 10.0. The topological polar surface area (TPSA) is 133 Å². The Morgan fingerprint density at radius 3 is 2.76 bits per heavy atom. The van der Waals surface area contributed by atoms with E-state index < -0.39 is 30.6 Å². The number of fused-ring (bicyclic) bond motifs is 1. The van der Waals surface area contributed by atoms with Crippen molar-refractivity contribution in [3.05, 3.63) is 36.0 Å². The number of amides is 1. The van der Waals surface area contributed by atoms with E-state index in [4.69, 9.17) is 5.11 Å². The van der Waals surface area contributed by atoms with E-state index in [9.17, 15) is 14.7 Å². The quantitative estimate of drug-likeness (QED) is 0.470. The van der Waals surface area contributed by atoms with Gasteiger partial charge in [-0.1, -0.05) is 18.2 Å². The molecule has 6 N–H and O–H groups in total. The first-order valence-corrected chi connectivity index (χ1v) is 6.53. The predicted molar refractivity (Wildman–Crippen MR) is 72.7 cm³/mol. The minimum absolute atomic E-state index is 0.362. The van der Waals surface area contributed by atoms with Gasteiger partial charge in [0.25, 0.3) is 5.91 Å². The lowest BCUT2D eigenvalue weighted by molar-refractivity contribution is -0.403. The number of benzene rings is 1. The van der Waals surface area contributed by atoms with Crippen LogP contribution < -0.4 is 16.2 Å².